The number of amides is 1. The molecule has 1 amide bonds. The second-order valence-electron chi connectivity index (χ2n) is 5.66. The Morgan fingerprint density at radius 3 is 2.36 bits per heavy atom. The van der Waals surface area contributed by atoms with Crippen molar-refractivity contribution in [1.29, 1.82) is 0 Å². The van der Waals surface area contributed by atoms with Crippen molar-refractivity contribution in [2.75, 3.05) is 0 Å². The number of hydrogen-bond donors (Lipinski definition) is 3. The van der Waals surface area contributed by atoms with E-state index >= 15 is 0 Å². The second kappa shape index (κ2) is 7.51. The Morgan fingerprint density at radius 1 is 1.04 bits per heavy atom. The van der Waals surface area contributed by atoms with Crippen LogP contribution in [-0.4, -0.2) is 31.1 Å². The van der Waals surface area contributed by atoms with Crippen LogP contribution in [0.25, 0.3) is 11.5 Å². The van der Waals surface area contributed by atoms with Crippen LogP contribution in [0.3, 0.4) is 0 Å². The van der Waals surface area contributed by atoms with Crippen molar-refractivity contribution in [3.8, 4) is 23.1 Å². The highest BCUT2D eigenvalue weighted by molar-refractivity contribution is 5.95. The third kappa shape index (κ3) is 4.17. The summed E-state index contributed by atoms with van der Waals surface area (Å²) < 4.78 is 37.7. The summed E-state index contributed by atoms with van der Waals surface area (Å²) in [5.74, 6) is -2.53. The molecule has 0 bridgehead atoms. The topological polar surface area (TPSA) is 108 Å². The maximum absolute atomic E-state index is 12.6. The van der Waals surface area contributed by atoms with Gasteiger partial charge in [0, 0.05) is 12.7 Å². The van der Waals surface area contributed by atoms with Gasteiger partial charge in [0.2, 0.25) is 5.75 Å². The van der Waals surface area contributed by atoms with Crippen molar-refractivity contribution in [3.05, 3.63) is 65.5 Å². The number of carbonyl (C=O) groups is 1. The molecular weight excluding hydrogens is 377 g/mol. The summed E-state index contributed by atoms with van der Waals surface area (Å²) in [4.78, 5) is 23.9. The molecule has 0 unspecified atom stereocenters. The first-order valence-electron chi connectivity index (χ1n) is 7.91. The Labute approximate surface area is 156 Å². The van der Waals surface area contributed by atoms with Crippen molar-refractivity contribution < 1.29 is 28.2 Å². The summed E-state index contributed by atoms with van der Waals surface area (Å²) in [7, 11) is 0. The predicted molar refractivity (Wildman–Crippen MR) is 91.2 cm³/mol. The van der Waals surface area contributed by atoms with E-state index in [4.69, 9.17) is 0 Å². The van der Waals surface area contributed by atoms with E-state index in [1.54, 1.807) is 18.2 Å². The molecule has 0 atom stereocenters. The fourth-order valence-corrected chi connectivity index (χ4v) is 2.29. The lowest BCUT2D eigenvalue weighted by molar-refractivity contribution is -0.137. The molecule has 0 aliphatic carbocycles. The van der Waals surface area contributed by atoms with E-state index < -0.39 is 35.0 Å². The molecule has 2 aromatic heterocycles. The molecule has 0 aliphatic rings. The van der Waals surface area contributed by atoms with Crippen molar-refractivity contribution in [1.82, 2.24) is 20.3 Å². The fraction of sp³-hybridized carbons (Fsp3) is 0.111. The van der Waals surface area contributed by atoms with E-state index in [2.05, 4.69) is 20.3 Å². The van der Waals surface area contributed by atoms with E-state index in [0.717, 1.165) is 12.1 Å². The first kappa shape index (κ1) is 19.1. The lowest BCUT2D eigenvalue weighted by Gasteiger charge is -2.10. The van der Waals surface area contributed by atoms with Crippen molar-refractivity contribution in [3.63, 3.8) is 0 Å². The van der Waals surface area contributed by atoms with Crippen LogP contribution in [0.4, 0.5) is 13.2 Å². The van der Waals surface area contributed by atoms with Gasteiger partial charge in [-0.25, -0.2) is 4.98 Å². The second-order valence-corrected chi connectivity index (χ2v) is 5.66. The highest BCUT2D eigenvalue weighted by Crippen LogP contribution is 2.29. The molecule has 0 aliphatic heterocycles. The molecule has 0 fully saturated rings. The highest BCUT2D eigenvalue weighted by atomic mass is 19.4. The van der Waals surface area contributed by atoms with Crippen LogP contribution in [0.5, 0.6) is 11.6 Å². The number of alkyl halides is 3. The third-order valence-corrected chi connectivity index (χ3v) is 3.71. The molecule has 10 heteroatoms. The molecule has 0 spiro atoms. The SMILES string of the molecule is O=C(NCc1ccc(C(F)(F)F)cc1)c1nc(-c2ccccn2)nc(O)c1O. The Hall–Kier alpha value is -3.69. The molecule has 0 saturated heterocycles. The molecule has 0 saturated carbocycles. The first-order valence-corrected chi connectivity index (χ1v) is 7.91. The van der Waals surface area contributed by atoms with Crippen LogP contribution >= 0.6 is 0 Å². The number of hydrogen-bond acceptors (Lipinski definition) is 6. The van der Waals surface area contributed by atoms with Crippen LogP contribution < -0.4 is 5.32 Å². The smallest absolute Gasteiger partial charge is 0.416 e. The summed E-state index contributed by atoms with van der Waals surface area (Å²) >= 11 is 0. The Morgan fingerprint density at radius 2 is 1.75 bits per heavy atom. The molecule has 28 heavy (non-hydrogen) atoms. The van der Waals surface area contributed by atoms with Gasteiger partial charge >= 0.3 is 6.18 Å². The van der Waals surface area contributed by atoms with E-state index in [9.17, 15) is 28.2 Å². The molecule has 144 valence electrons. The summed E-state index contributed by atoms with van der Waals surface area (Å²) in [6, 6.07) is 9.10. The van der Waals surface area contributed by atoms with Gasteiger partial charge < -0.3 is 15.5 Å². The lowest BCUT2D eigenvalue weighted by Crippen LogP contribution is -2.24. The Kier molecular flexibility index (Phi) is 5.12. The Balaban J connectivity index is 1.78. The summed E-state index contributed by atoms with van der Waals surface area (Å²) in [6.45, 7) is -0.111. The van der Waals surface area contributed by atoms with Crippen LogP contribution in [0.2, 0.25) is 0 Å². The fourth-order valence-electron chi connectivity index (χ4n) is 2.29. The zero-order valence-electron chi connectivity index (χ0n) is 14.1. The van der Waals surface area contributed by atoms with Crippen LogP contribution in [0, 0.1) is 0 Å². The third-order valence-electron chi connectivity index (χ3n) is 3.71. The van der Waals surface area contributed by atoms with Crippen molar-refractivity contribution in [2.24, 2.45) is 0 Å². The van der Waals surface area contributed by atoms with Crippen LogP contribution in [0.1, 0.15) is 21.6 Å². The van der Waals surface area contributed by atoms with Crippen molar-refractivity contribution in [2.45, 2.75) is 12.7 Å². The number of aromatic hydroxyl groups is 2. The maximum Gasteiger partial charge on any atom is 0.416 e. The van der Waals surface area contributed by atoms with Crippen LogP contribution in [0.15, 0.2) is 48.7 Å². The molecule has 7 nitrogen and oxygen atoms in total. The van der Waals surface area contributed by atoms with Gasteiger partial charge in [-0.2, -0.15) is 18.2 Å². The first-order chi connectivity index (χ1) is 13.3. The van der Waals surface area contributed by atoms with E-state index in [1.165, 1.54) is 18.3 Å². The average molecular weight is 390 g/mol. The monoisotopic (exact) mass is 390 g/mol. The molecular formula is C18H13F3N4O3. The minimum atomic E-state index is -4.45. The molecule has 1 aromatic carbocycles. The largest absolute Gasteiger partial charge is 0.501 e. The van der Waals surface area contributed by atoms with Crippen LogP contribution in [-0.2, 0) is 12.7 Å². The van der Waals surface area contributed by atoms with E-state index in [0.29, 0.717) is 5.56 Å². The highest BCUT2D eigenvalue weighted by Gasteiger charge is 2.30. The zero-order chi connectivity index (χ0) is 20.3. The average Bonchev–Trinajstić information content (AvgIpc) is 2.68. The van der Waals surface area contributed by atoms with Gasteiger partial charge in [0.1, 0.15) is 5.69 Å². The summed E-state index contributed by atoms with van der Waals surface area (Å²) in [5.41, 5.74) is -0.611. The number of aromatic nitrogens is 3. The van der Waals surface area contributed by atoms with Gasteiger partial charge in [0.15, 0.2) is 11.5 Å². The summed E-state index contributed by atoms with van der Waals surface area (Å²) in [6.07, 6.45) is -2.99. The standard InChI is InChI=1S/C18H13F3N4O3/c19-18(20,21)11-6-4-10(5-7-11)9-23-16(27)13-14(26)17(28)25-15(24-13)12-3-1-2-8-22-12/h1-8,26H,9H2,(H,23,27)(H,24,25,28). The minimum absolute atomic E-state index is 0.0735. The molecule has 3 aromatic rings. The van der Waals surface area contributed by atoms with Gasteiger partial charge in [-0.3, -0.25) is 9.78 Å². The molecule has 3 N–H and O–H groups in total. The molecule has 2 heterocycles. The minimum Gasteiger partial charge on any atom is -0.501 e. The normalized spacial score (nSPS) is 11.2. The molecule has 0 radical (unpaired) electrons. The van der Waals surface area contributed by atoms with Gasteiger partial charge in [-0.05, 0) is 29.8 Å². The number of carbonyl (C=O) groups excluding carboxylic acids is 1. The van der Waals surface area contributed by atoms with Crippen molar-refractivity contribution >= 4 is 5.91 Å². The number of rotatable bonds is 4. The number of pyridine rings is 1. The predicted octanol–water partition coefficient (Wildman–Crippen LogP) is 2.90. The van der Waals surface area contributed by atoms with Gasteiger partial charge in [-0.15, -0.1) is 0 Å². The number of halogens is 3. The lowest BCUT2D eigenvalue weighted by atomic mass is 10.1. The Bertz CT molecular complexity index is 993. The summed E-state index contributed by atoms with van der Waals surface area (Å²) in [5, 5.41) is 22.1. The zero-order valence-corrected chi connectivity index (χ0v) is 14.1. The van der Waals surface area contributed by atoms with Gasteiger partial charge in [0.05, 0.1) is 5.56 Å². The maximum atomic E-state index is 12.6. The van der Waals surface area contributed by atoms with Gasteiger partial charge in [0.25, 0.3) is 11.8 Å². The quantitative estimate of drug-likeness (QED) is 0.632. The van der Waals surface area contributed by atoms with E-state index in [-0.39, 0.29) is 18.1 Å². The van der Waals surface area contributed by atoms with Gasteiger partial charge in [-0.1, -0.05) is 18.2 Å². The van der Waals surface area contributed by atoms with E-state index in [1.807, 2.05) is 0 Å². The number of nitrogens with one attached hydrogen (secondary N) is 1. The number of benzene rings is 1. The molecule has 3 rings (SSSR count). The number of nitrogens with zero attached hydrogens (tertiary/aromatic N) is 3.